The van der Waals surface area contributed by atoms with Gasteiger partial charge in [0, 0.05) is 23.7 Å². The van der Waals surface area contributed by atoms with E-state index in [0.29, 0.717) is 23.6 Å². The molecule has 0 spiro atoms. The number of nitrogens with zero attached hydrogens (tertiary/aromatic N) is 2. The normalized spacial score (nSPS) is 10.6. The quantitative estimate of drug-likeness (QED) is 0.667. The maximum atomic E-state index is 13.4. The van der Waals surface area contributed by atoms with E-state index in [2.05, 4.69) is 5.16 Å². The Balaban J connectivity index is 1.74. The Kier molecular flexibility index (Phi) is 5.31. The first-order chi connectivity index (χ1) is 12.6. The Bertz CT molecular complexity index is 890. The van der Waals surface area contributed by atoms with Crippen molar-refractivity contribution in [2.75, 3.05) is 13.7 Å². The zero-order valence-corrected chi connectivity index (χ0v) is 14.6. The van der Waals surface area contributed by atoms with Gasteiger partial charge in [-0.25, -0.2) is 4.39 Å². The van der Waals surface area contributed by atoms with Crippen molar-refractivity contribution >= 4 is 5.91 Å². The summed E-state index contributed by atoms with van der Waals surface area (Å²) in [5, 5.41) is 4.04. The average molecular weight is 354 g/mol. The van der Waals surface area contributed by atoms with Gasteiger partial charge in [0.1, 0.15) is 17.3 Å². The number of rotatable bonds is 6. The molecule has 2 aromatic carbocycles. The number of aromatic nitrogens is 1. The number of ether oxygens (including phenoxy) is 1. The summed E-state index contributed by atoms with van der Waals surface area (Å²) < 4.78 is 23.9. The molecule has 0 atom stereocenters. The van der Waals surface area contributed by atoms with Crippen LogP contribution in [-0.4, -0.2) is 29.6 Å². The molecule has 0 saturated heterocycles. The zero-order valence-electron chi connectivity index (χ0n) is 14.6. The molecule has 1 aromatic heterocycles. The van der Waals surface area contributed by atoms with Gasteiger partial charge in [-0.1, -0.05) is 11.2 Å². The SMILES string of the molecule is CCN(Cc1cc(-c2ccc(OC)cc2)on1)C(=O)c1cccc(F)c1. The third-order valence-corrected chi connectivity index (χ3v) is 4.03. The highest BCUT2D eigenvalue weighted by molar-refractivity contribution is 5.94. The van der Waals surface area contributed by atoms with Crippen molar-refractivity contribution in [2.45, 2.75) is 13.5 Å². The molecule has 0 aliphatic carbocycles. The number of halogens is 1. The minimum atomic E-state index is -0.435. The van der Waals surface area contributed by atoms with Crippen molar-refractivity contribution in [2.24, 2.45) is 0 Å². The van der Waals surface area contributed by atoms with E-state index >= 15 is 0 Å². The summed E-state index contributed by atoms with van der Waals surface area (Å²) >= 11 is 0. The van der Waals surface area contributed by atoms with Crippen molar-refractivity contribution in [1.29, 1.82) is 0 Å². The summed E-state index contributed by atoms with van der Waals surface area (Å²) in [5.41, 5.74) is 1.80. The van der Waals surface area contributed by atoms with Gasteiger partial charge in [-0.3, -0.25) is 4.79 Å². The maximum Gasteiger partial charge on any atom is 0.254 e. The van der Waals surface area contributed by atoms with E-state index in [0.717, 1.165) is 11.3 Å². The number of amides is 1. The number of benzene rings is 2. The Morgan fingerprint density at radius 1 is 1.19 bits per heavy atom. The fourth-order valence-electron chi connectivity index (χ4n) is 2.60. The highest BCUT2D eigenvalue weighted by Gasteiger charge is 2.17. The monoisotopic (exact) mass is 354 g/mol. The van der Waals surface area contributed by atoms with E-state index in [9.17, 15) is 9.18 Å². The molecule has 5 nitrogen and oxygen atoms in total. The lowest BCUT2D eigenvalue weighted by Crippen LogP contribution is -2.30. The molecule has 3 rings (SSSR count). The molecule has 0 saturated carbocycles. The second-order valence-corrected chi connectivity index (χ2v) is 5.74. The molecule has 1 heterocycles. The molecular formula is C20H19FN2O3. The molecule has 1 amide bonds. The molecule has 134 valence electrons. The zero-order chi connectivity index (χ0) is 18.5. The molecule has 0 aliphatic rings. The highest BCUT2D eigenvalue weighted by atomic mass is 19.1. The topological polar surface area (TPSA) is 55.6 Å². The van der Waals surface area contributed by atoms with Gasteiger partial charge in [0.05, 0.1) is 13.7 Å². The molecule has 26 heavy (non-hydrogen) atoms. The van der Waals surface area contributed by atoms with Gasteiger partial charge in [0.2, 0.25) is 0 Å². The fourth-order valence-corrected chi connectivity index (χ4v) is 2.60. The van der Waals surface area contributed by atoms with Crippen molar-refractivity contribution < 1.29 is 18.4 Å². The molecule has 0 fully saturated rings. The van der Waals surface area contributed by atoms with Gasteiger partial charge in [0.15, 0.2) is 5.76 Å². The van der Waals surface area contributed by atoms with Crippen LogP contribution in [0.2, 0.25) is 0 Å². The second-order valence-electron chi connectivity index (χ2n) is 5.74. The van der Waals surface area contributed by atoms with Crippen molar-refractivity contribution in [3.05, 3.63) is 71.7 Å². The van der Waals surface area contributed by atoms with Crippen LogP contribution in [0.5, 0.6) is 5.75 Å². The minimum Gasteiger partial charge on any atom is -0.497 e. The number of carbonyl (C=O) groups is 1. The van der Waals surface area contributed by atoms with Gasteiger partial charge in [-0.15, -0.1) is 0 Å². The van der Waals surface area contributed by atoms with Crippen LogP contribution in [0.4, 0.5) is 4.39 Å². The standard InChI is InChI=1S/C20H19FN2O3/c1-3-23(20(24)15-5-4-6-16(21)11-15)13-17-12-19(26-22-17)14-7-9-18(25-2)10-8-14/h4-12H,3,13H2,1-2H3. The van der Waals surface area contributed by atoms with E-state index in [-0.39, 0.29) is 12.5 Å². The first-order valence-electron chi connectivity index (χ1n) is 8.25. The third-order valence-electron chi connectivity index (χ3n) is 4.03. The summed E-state index contributed by atoms with van der Waals surface area (Å²) in [5.74, 6) is 0.680. The molecule has 3 aromatic rings. The van der Waals surface area contributed by atoms with E-state index in [1.807, 2.05) is 31.2 Å². The predicted molar refractivity (Wildman–Crippen MR) is 95.3 cm³/mol. The van der Waals surface area contributed by atoms with Crippen LogP contribution in [0.15, 0.2) is 59.1 Å². The summed E-state index contributed by atoms with van der Waals surface area (Å²) in [4.78, 5) is 14.2. The number of carbonyl (C=O) groups excluding carboxylic acids is 1. The van der Waals surface area contributed by atoms with Gasteiger partial charge in [-0.2, -0.15) is 0 Å². The molecule has 0 unspecified atom stereocenters. The molecule has 0 aliphatic heterocycles. The van der Waals surface area contributed by atoms with Crippen molar-refractivity contribution in [1.82, 2.24) is 10.1 Å². The minimum absolute atomic E-state index is 0.249. The lowest BCUT2D eigenvalue weighted by Gasteiger charge is -2.19. The van der Waals surface area contributed by atoms with Crippen LogP contribution in [0.3, 0.4) is 0 Å². The predicted octanol–water partition coefficient (Wildman–Crippen LogP) is 4.15. The van der Waals surface area contributed by atoms with Crippen LogP contribution in [0, 0.1) is 5.82 Å². The Hall–Kier alpha value is -3.15. The van der Waals surface area contributed by atoms with E-state index in [1.54, 1.807) is 24.1 Å². The lowest BCUT2D eigenvalue weighted by molar-refractivity contribution is 0.0748. The molecule has 0 N–H and O–H groups in total. The molecule has 0 bridgehead atoms. The molecule has 6 heteroatoms. The van der Waals surface area contributed by atoms with Gasteiger partial charge in [-0.05, 0) is 49.4 Å². The van der Waals surface area contributed by atoms with Crippen LogP contribution in [-0.2, 0) is 6.54 Å². The summed E-state index contributed by atoms with van der Waals surface area (Å²) in [6, 6.07) is 14.9. The molecular weight excluding hydrogens is 335 g/mol. The summed E-state index contributed by atoms with van der Waals surface area (Å²) in [6.45, 7) is 2.62. The molecule has 0 radical (unpaired) electrons. The first kappa shape index (κ1) is 17.7. The first-order valence-corrected chi connectivity index (χ1v) is 8.25. The Morgan fingerprint density at radius 2 is 1.96 bits per heavy atom. The Morgan fingerprint density at radius 3 is 2.62 bits per heavy atom. The Labute approximate surface area is 151 Å². The fraction of sp³-hybridized carbons (Fsp3) is 0.200. The van der Waals surface area contributed by atoms with Crippen LogP contribution in [0.1, 0.15) is 23.0 Å². The van der Waals surface area contributed by atoms with Crippen LogP contribution >= 0.6 is 0 Å². The third kappa shape index (κ3) is 3.91. The number of hydrogen-bond donors (Lipinski definition) is 0. The van der Waals surface area contributed by atoms with Gasteiger partial charge in [0.25, 0.3) is 5.91 Å². The van der Waals surface area contributed by atoms with Crippen LogP contribution in [0.25, 0.3) is 11.3 Å². The van der Waals surface area contributed by atoms with E-state index in [4.69, 9.17) is 9.26 Å². The highest BCUT2D eigenvalue weighted by Crippen LogP contribution is 2.23. The van der Waals surface area contributed by atoms with E-state index in [1.165, 1.54) is 18.2 Å². The van der Waals surface area contributed by atoms with Crippen molar-refractivity contribution in [3.63, 3.8) is 0 Å². The van der Waals surface area contributed by atoms with Gasteiger partial charge < -0.3 is 14.2 Å². The smallest absolute Gasteiger partial charge is 0.254 e. The maximum absolute atomic E-state index is 13.4. The van der Waals surface area contributed by atoms with E-state index < -0.39 is 5.82 Å². The second kappa shape index (κ2) is 7.82. The van der Waals surface area contributed by atoms with Gasteiger partial charge >= 0.3 is 0 Å². The van der Waals surface area contributed by atoms with Crippen molar-refractivity contribution in [3.8, 4) is 17.1 Å². The summed E-state index contributed by atoms with van der Waals surface area (Å²) in [6.07, 6.45) is 0. The number of hydrogen-bond acceptors (Lipinski definition) is 4. The summed E-state index contributed by atoms with van der Waals surface area (Å²) in [7, 11) is 1.61. The lowest BCUT2D eigenvalue weighted by atomic mass is 10.1. The number of methoxy groups -OCH3 is 1. The van der Waals surface area contributed by atoms with Crippen LogP contribution < -0.4 is 4.74 Å². The average Bonchev–Trinajstić information content (AvgIpc) is 3.14. The largest absolute Gasteiger partial charge is 0.497 e.